The Labute approximate surface area is 277 Å². The number of hydrogen-bond acceptors (Lipinski definition) is 8. The summed E-state index contributed by atoms with van der Waals surface area (Å²) in [4.78, 5) is 85.7. The van der Waals surface area contributed by atoms with Gasteiger partial charge in [0, 0.05) is 19.2 Å². The summed E-state index contributed by atoms with van der Waals surface area (Å²) in [5, 5.41) is 10.7. The first-order valence-electron chi connectivity index (χ1n) is 16.1. The van der Waals surface area contributed by atoms with Gasteiger partial charge in [-0.25, -0.2) is 9.78 Å². The zero-order valence-corrected chi connectivity index (χ0v) is 28.9. The third-order valence-electron chi connectivity index (χ3n) is 9.24. The number of methoxy groups -OCH3 is 1. The van der Waals surface area contributed by atoms with Crippen molar-refractivity contribution in [3.8, 4) is 5.88 Å². The highest BCUT2D eigenvalue weighted by Gasteiger charge is 2.70. The molecule has 1 aliphatic carbocycles. The minimum absolute atomic E-state index is 0.0432. The first-order valence-corrected chi connectivity index (χ1v) is 16.1. The van der Waals surface area contributed by atoms with Gasteiger partial charge in [0.1, 0.15) is 17.8 Å². The lowest BCUT2D eigenvalue weighted by Crippen LogP contribution is -2.62. The Kier molecular flexibility index (Phi) is 11.6. The van der Waals surface area contributed by atoms with Crippen LogP contribution >= 0.6 is 0 Å². The Morgan fingerprint density at radius 3 is 2.32 bits per heavy atom. The summed E-state index contributed by atoms with van der Waals surface area (Å²) < 4.78 is 5.13. The molecule has 3 rings (SSSR count). The van der Waals surface area contributed by atoms with E-state index in [1.165, 1.54) is 24.2 Å². The maximum Gasteiger partial charge on any atom is 0.316 e. The van der Waals surface area contributed by atoms with E-state index >= 15 is 0 Å². The zero-order chi connectivity index (χ0) is 35.4. The van der Waals surface area contributed by atoms with E-state index in [4.69, 9.17) is 4.74 Å². The average Bonchev–Trinajstić information content (AvgIpc) is 3.33. The van der Waals surface area contributed by atoms with Gasteiger partial charge in [-0.05, 0) is 41.1 Å². The summed E-state index contributed by atoms with van der Waals surface area (Å²) in [5.41, 5.74) is -0.872. The number of likely N-dealkylation sites (tertiary alicyclic amines) is 1. The molecular weight excluding hydrogens is 604 g/mol. The first-order chi connectivity index (χ1) is 21.9. The Morgan fingerprint density at radius 2 is 1.77 bits per heavy atom. The van der Waals surface area contributed by atoms with Gasteiger partial charge in [0.15, 0.2) is 0 Å². The highest BCUT2D eigenvalue weighted by molar-refractivity contribution is 6.38. The number of piperidine rings is 1. The molecule has 47 heavy (non-hydrogen) atoms. The number of ether oxygens (including phenoxy) is 1. The molecular formula is C34H50N6O7. The number of carbonyl (C=O) groups excluding carboxylic acids is 6. The number of amides is 5. The number of aromatic nitrogens is 1. The van der Waals surface area contributed by atoms with E-state index in [0.717, 1.165) is 0 Å². The van der Waals surface area contributed by atoms with Crippen LogP contribution in [0.2, 0.25) is 0 Å². The van der Waals surface area contributed by atoms with Crippen molar-refractivity contribution in [2.75, 3.05) is 20.2 Å². The van der Waals surface area contributed by atoms with Crippen LogP contribution in [0.4, 0.5) is 4.79 Å². The minimum Gasteiger partial charge on any atom is -0.481 e. The van der Waals surface area contributed by atoms with Crippen LogP contribution < -0.4 is 26.0 Å². The number of pyridine rings is 1. The summed E-state index contributed by atoms with van der Waals surface area (Å²) in [7, 11) is 1.44. The van der Waals surface area contributed by atoms with Gasteiger partial charge in [0.2, 0.25) is 29.3 Å². The molecule has 0 spiro atoms. The van der Waals surface area contributed by atoms with Crippen molar-refractivity contribution in [2.45, 2.75) is 86.0 Å². The lowest BCUT2D eigenvalue weighted by molar-refractivity contribution is -0.145. The van der Waals surface area contributed by atoms with Gasteiger partial charge >= 0.3 is 6.03 Å². The summed E-state index contributed by atoms with van der Waals surface area (Å²) in [6.07, 6.45) is 1.62. The molecule has 0 aromatic carbocycles. The van der Waals surface area contributed by atoms with Gasteiger partial charge in [0.05, 0.1) is 19.2 Å². The molecule has 258 valence electrons. The maximum atomic E-state index is 14.3. The van der Waals surface area contributed by atoms with E-state index in [9.17, 15) is 28.8 Å². The van der Waals surface area contributed by atoms with Crippen molar-refractivity contribution in [2.24, 2.45) is 28.6 Å². The van der Waals surface area contributed by atoms with E-state index in [1.54, 1.807) is 53.7 Å². The molecule has 2 heterocycles. The van der Waals surface area contributed by atoms with Crippen LogP contribution in [0.1, 0.15) is 72.3 Å². The van der Waals surface area contributed by atoms with Crippen LogP contribution in [0.15, 0.2) is 30.9 Å². The Balaban J connectivity index is 1.82. The molecule has 2 fully saturated rings. The van der Waals surface area contributed by atoms with Crippen molar-refractivity contribution in [3.05, 3.63) is 36.5 Å². The van der Waals surface area contributed by atoms with Crippen LogP contribution in [-0.4, -0.2) is 89.6 Å². The van der Waals surface area contributed by atoms with E-state index < -0.39 is 64.9 Å². The Hall–Kier alpha value is -4.29. The maximum absolute atomic E-state index is 14.3. The highest BCUT2D eigenvalue weighted by Crippen LogP contribution is 2.65. The summed E-state index contributed by atoms with van der Waals surface area (Å²) in [5.74, 6) is -3.18. The van der Waals surface area contributed by atoms with Crippen LogP contribution in [0.25, 0.3) is 0 Å². The quantitative estimate of drug-likeness (QED) is 0.134. The van der Waals surface area contributed by atoms with Crippen molar-refractivity contribution < 1.29 is 33.5 Å². The third kappa shape index (κ3) is 8.17. The second kappa shape index (κ2) is 14.6. The number of hydrogen-bond donors (Lipinski definition) is 4. The van der Waals surface area contributed by atoms with Crippen molar-refractivity contribution in [3.63, 3.8) is 0 Å². The standard InChI is InChI=1S/C34H50N6O7/c1-11-16-35-30(44)27(42)20(12-2)37-29(43)25-23-19(34(23,8)9)17-40(25)31(45)28(33(5,6)7)39-32(46)38-24(18(3)4)26(41)21-14-13-15-22(36-21)47-10/h11,13-15,18-20,23-25,28H,1,12,16-17H2,2-10H3,(H,35,44)(H,37,43)(H2,38,39,46)/t19-,20?,23-,24-,25-,28+/m0/s1. The summed E-state index contributed by atoms with van der Waals surface area (Å²) in [6, 6.07) is 0.0737. The predicted octanol–water partition coefficient (Wildman–Crippen LogP) is 2.26. The summed E-state index contributed by atoms with van der Waals surface area (Å²) in [6.45, 7) is 18.6. The fourth-order valence-electron chi connectivity index (χ4n) is 6.32. The number of carbonyl (C=O) groups is 6. The average molecular weight is 655 g/mol. The molecule has 0 radical (unpaired) electrons. The smallest absolute Gasteiger partial charge is 0.316 e. The SMILES string of the molecule is C=CCNC(=O)C(=O)C(CC)NC(=O)[C@@H]1[C@@H]2[C@H](CN1C(=O)[C@@H](NC(=O)N[C@H](C(=O)c1cccc(OC)n1)C(C)C)C(C)(C)C)C2(C)C. The lowest BCUT2D eigenvalue weighted by Gasteiger charge is -2.38. The lowest BCUT2D eigenvalue weighted by atomic mass is 9.85. The summed E-state index contributed by atoms with van der Waals surface area (Å²) >= 11 is 0. The van der Waals surface area contributed by atoms with E-state index in [2.05, 4.69) is 32.8 Å². The molecule has 4 N–H and O–H groups in total. The molecule has 13 nitrogen and oxygen atoms in total. The first kappa shape index (κ1) is 37.2. The fraction of sp³-hybridized carbons (Fsp3) is 0.618. The van der Waals surface area contributed by atoms with Gasteiger partial charge in [-0.2, -0.15) is 0 Å². The van der Waals surface area contributed by atoms with Gasteiger partial charge in [0.25, 0.3) is 5.91 Å². The van der Waals surface area contributed by atoms with E-state index in [-0.39, 0.29) is 47.7 Å². The molecule has 13 heteroatoms. The number of rotatable bonds is 14. The number of ketones is 2. The van der Waals surface area contributed by atoms with Gasteiger partial charge in [-0.3, -0.25) is 24.0 Å². The third-order valence-corrected chi connectivity index (χ3v) is 9.24. The Morgan fingerprint density at radius 1 is 1.11 bits per heavy atom. The van der Waals surface area contributed by atoms with Crippen molar-refractivity contribution in [1.29, 1.82) is 0 Å². The number of nitrogens with one attached hydrogen (secondary N) is 4. The molecule has 1 saturated carbocycles. The number of fused-ring (bicyclic) bond motifs is 1. The largest absolute Gasteiger partial charge is 0.481 e. The molecule has 2 aliphatic rings. The fourth-order valence-corrected chi connectivity index (χ4v) is 6.32. The minimum atomic E-state index is -1.07. The molecule has 1 aromatic rings. The van der Waals surface area contributed by atoms with Crippen molar-refractivity contribution >= 4 is 35.3 Å². The van der Waals surface area contributed by atoms with E-state index in [1.807, 2.05) is 13.8 Å². The van der Waals surface area contributed by atoms with Gasteiger partial charge < -0.3 is 30.9 Å². The van der Waals surface area contributed by atoms with Crippen LogP contribution in [0.5, 0.6) is 5.88 Å². The normalized spacial score (nSPS) is 21.4. The monoisotopic (exact) mass is 654 g/mol. The van der Waals surface area contributed by atoms with Gasteiger partial charge in [-0.15, -0.1) is 6.58 Å². The van der Waals surface area contributed by atoms with E-state index in [0.29, 0.717) is 6.54 Å². The molecule has 1 aliphatic heterocycles. The number of urea groups is 1. The second-order valence-electron chi connectivity index (χ2n) is 14.3. The molecule has 5 amide bonds. The van der Waals surface area contributed by atoms with Crippen molar-refractivity contribution in [1.82, 2.24) is 31.2 Å². The number of nitrogens with zero attached hydrogens (tertiary/aromatic N) is 2. The Bertz CT molecular complexity index is 1400. The number of Topliss-reactive ketones (excluding diaryl/α,β-unsaturated/α-hetero) is 2. The van der Waals surface area contributed by atoms with Crippen LogP contribution in [0, 0.1) is 28.6 Å². The molecule has 6 atom stereocenters. The highest BCUT2D eigenvalue weighted by atomic mass is 16.5. The van der Waals surface area contributed by atoms with Crippen LogP contribution in [-0.2, 0) is 19.2 Å². The second-order valence-corrected chi connectivity index (χ2v) is 14.3. The topological polar surface area (TPSA) is 176 Å². The van der Waals surface area contributed by atoms with Crippen LogP contribution in [0.3, 0.4) is 0 Å². The van der Waals surface area contributed by atoms with Gasteiger partial charge in [-0.1, -0.05) is 67.5 Å². The molecule has 1 saturated heterocycles. The molecule has 1 aromatic heterocycles. The zero-order valence-electron chi connectivity index (χ0n) is 28.9. The molecule has 0 bridgehead atoms. The predicted molar refractivity (Wildman–Crippen MR) is 175 cm³/mol. The molecule has 1 unspecified atom stereocenters.